The summed E-state index contributed by atoms with van der Waals surface area (Å²) in [5, 5.41) is 9.27. The molecule has 2 rings (SSSR count). The zero-order valence-electron chi connectivity index (χ0n) is 13.0. The van der Waals surface area contributed by atoms with E-state index in [1.807, 2.05) is 13.0 Å². The Morgan fingerprint density at radius 3 is 2.68 bits per heavy atom. The highest BCUT2D eigenvalue weighted by atomic mass is 16.5. The zero-order valence-corrected chi connectivity index (χ0v) is 13.0. The minimum Gasteiger partial charge on any atom is -0.493 e. The molecule has 1 aromatic carbocycles. The highest BCUT2D eigenvalue weighted by Gasteiger charge is 2.21. The van der Waals surface area contributed by atoms with Crippen LogP contribution in [0.3, 0.4) is 0 Å². The first kappa shape index (κ1) is 15.9. The van der Waals surface area contributed by atoms with E-state index in [2.05, 4.69) is 0 Å². The van der Waals surface area contributed by atoms with Gasteiger partial charge in [0.05, 0.1) is 13.7 Å². The molecule has 0 saturated carbocycles. The van der Waals surface area contributed by atoms with Gasteiger partial charge in [-0.1, -0.05) is 6.07 Å². The Kier molecular flexibility index (Phi) is 5.42. The highest BCUT2D eigenvalue weighted by molar-refractivity contribution is 6.01. The highest BCUT2D eigenvalue weighted by Crippen LogP contribution is 2.29. The van der Waals surface area contributed by atoms with Crippen molar-refractivity contribution in [1.29, 1.82) is 5.26 Å². The Morgan fingerprint density at radius 2 is 2.09 bits per heavy atom. The van der Waals surface area contributed by atoms with Crippen molar-refractivity contribution in [2.45, 2.75) is 19.8 Å². The average molecular weight is 300 g/mol. The second kappa shape index (κ2) is 7.51. The summed E-state index contributed by atoms with van der Waals surface area (Å²) < 4.78 is 10.7. The van der Waals surface area contributed by atoms with Crippen molar-refractivity contribution >= 4 is 12.0 Å². The lowest BCUT2D eigenvalue weighted by Gasteiger charge is -2.14. The number of carbonyl (C=O) groups excluding carboxylic acids is 1. The van der Waals surface area contributed by atoms with Crippen LogP contribution in [-0.4, -0.2) is 37.6 Å². The summed E-state index contributed by atoms with van der Waals surface area (Å²) in [6.07, 6.45) is 3.60. The van der Waals surface area contributed by atoms with Gasteiger partial charge in [-0.25, -0.2) is 0 Å². The summed E-state index contributed by atoms with van der Waals surface area (Å²) in [6.45, 7) is 3.86. The molecule has 5 nitrogen and oxygen atoms in total. The van der Waals surface area contributed by atoms with Crippen molar-refractivity contribution in [3.63, 3.8) is 0 Å². The number of rotatable bonds is 5. The molecule has 5 heteroatoms. The van der Waals surface area contributed by atoms with Crippen molar-refractivity contribution in [3.8, 4) is 17.6 Å². The first-order valence-electron chi connectivity index (χ1n) is 7.41. The molecular weight excluding hydrogens is 280 g/mol. The summed E-state index contributed by atoms with van der Waals surface area (Å²) >= 11 is 0. The maximum Gasteiger partial charge on any atom is 0.264 e. The van der Waals surface area contributed by atoms with Gasteiger partial charge in [-0.2, -0.15) is 5.26 Å². The summed E-state index contributed by atoms with van der Waals surface area (Å²) in [6, 6.07) is 7.35. The van der Waals surface area contributed by atoms with E-state index >= 15 is 0 Å². The van der Waals surface area contributed by atoms with Crippen LogP contribution in [0, 0.1) is 11.3 Å². The lowest BCUT2D eigenvalue weighted by Crippen LogP contribution is -2.28. The summed E-state index contributed by atoms with van der Waals surface area (Å²) in [7, 11) is 1.57. The molecule has 1 heterocycles. The Hall–Kier alpha value is -2.48. The fourth-order valence-electron chi connectivity index (χ4n) is 2.45. The number of carbonyl (C=O) groups is 1. The fourth-order valence-corrected chi connectivity index (χ4v) is 2.45. The van der Waals surface area contributed by atoms with Crippen LogP contribution in [0.1, 0.15) is 25.3 Å². The molecule has 0 unspecified atom stereocenters. The molecule has 0 atom stereocenters. The minimum absolute atomic E-state index is 0.148. The van der Waals surface area contributed by atoms with Gasteiger partial charge in [0.15, 0.2) is 11.5 Å². The van der Waals surface area contributed by atoms with Crippen LogP contribution in [0.5, 0.6) is 11.5 Å². The SMILES string of the molecule is CCOc1cc(/C=C(\C#N)C(=O)N2CCCC2)ccc1OC. The van der Waals surface area contributed by atoms with Crippen LogP contribution in [0.15, 0.2) is 23.8 Å². The van der Waals surface area contributed by atoms with Crippen molar-refractivity contribution in [1.82, 2.24) is 4.90 Å². The molecule has 0 radical (unpaired) electrons. The summed E-state index contributed by atoms with van der Waals surface area (Å²) in [4.78, 5) is 14.0. The van der Waals surface area contributed by atoms with Gasteiger partial charge in [0.2, 0.25) is 0 Å². The van der Waals surface area contributed by atoms with Gasteiger partial charge in [-0.3, -0.25) is 4.79 Å². The van der Waals surface area contributed by atoms with Crippen LogP contribution in [0.4, 0.5) is 0 Å². The number of ether oxygens (including phenoxy) is 2. The van der Waals surface area contributed by atoms with Gasteiger partial charge < -0.3 is 14.4 Å². The first-order chi connectivity index (χ1) is 10.7. The van der Waals surface area contributed by atoms with Crippen molar-refractivity contribution in [2.75, 3.05) is 26.8 Å². The van der Waals surface area contributed by atoms with Crippen molar-refractivity contribution in [3.05, 3.63) is 29.3 Å². The van der Waals surface area contributed by atoms with Gasteiger partial charge in [-0.05, 0) is 43.5 Å². The Labute approximate surface area is 130 Å². The molecule has 0 bridgehead atoms. The first-order valence-corrected chi connectivity index (χ1v) is 7.41. The monoisotopic (exact) mass is 300 g/mol. The predicted octanol–water partition coefficient (Wildman–Crippen LogP) is 2.62. The predicted molar refractivity (Wildman–Crippen MR) is 83.6 cm³/mol. The van der Waals surface area contributed by atoms with Gasteiger partial charge >= 0.3 is 0 Å². The maximum absolute atomic E-state index is 12.3. The molecular formula is C17H20N2O3. The molecule has 1 amide bonds. The zero-order chi connectivity index (χ0) is 15.9. The molecule has 1 aliphatic heterocycles. The van der Waals surface area contributed by atoms with E-state index < -0.39 is 0 Å². The number of benzene rings is 1. The van der Waals surface area contributed by atoms with Gasteiger partial charge in [0, 0.05) is 13.1 Å². The molecule has 0 aromatic heterocycles. The molecule has 1 saturated heterocycles. The van der Waals surface area contributed by atoms with E-state index in [4.69, 9.17) is 9.47 Å². The molecule has 0 spiro atoms. The van der Waals surface area contributed by atoms with Crippen molar-refractivity contribution < 1.29 is 14.3 Å². The van der Waals surface area contributed by atoms with Crippen LogP contribution in [0.2, 0.25) is 0 Å². The van der Waals surface area contributed by atoms with Crippen LogP contribution < -0.4 is 9.47 Å². The summed E-state index contributed by atoms with van der Waals surface area (Å²) in [5.74, 6) is 1.03. The smallest absolute Gasteiger partial charge is 0.264 e. The molecule has 22 heavy (non-hydrogen) atoms. The summed E-state index contributed by atoms with van der Waals surface area (Å²) in [5.41, 5.74) is 0.892. The molecule has 1 aliphatic rings. The topological polar surface area (TPSA) is 62.6 Å². The Balaban J connectivity index is 2.27. The number of likely N-dealkylation sites (tertiary alicyclic amines) is 1. The molecule has 1 fully saturated rings. The second-order valence-electron chi connectivity index (χ2n) is 5.01. The number of methoxy groups -OCH3 is 1. The standard InChI is InChI=1S/C17H20N2O3/c1-3-22-16-11-13(6-7-15(16)21-2)10-14(12-18)17(20)19-8-4-5-9-19/h6-7,10-11H,3-5,8-9H2,1-2H3/b14-10+. The van der Waals surface area contributed by atoms with E-state index in [0.29, 0.717) is 18.1 Å². The fraction of sp³-hybridized carbons (Fsp3) is 0.412. The van der Waals surface area contributed by atoms with Gasteiger partial charge in [0.25, 0.3) is 5.91 Å². The Bertz CT molecular complexity index is 611. The average Bonchev–Trinajstić information content (AvgIpc) is 3.07. The molecule has 116 valence electrons. The van der Waals surface area contributed by atoms with Crippen LogP contribution >= 0.6 is 0 Å². The third-order valence-electron chi connectivity index (χ3n) is 3.54. The molecule has 1 aromatic rings. The second-order valence-corrected chi connectivity index (χ2v) is 5.01. The third-order valence-corrected chi connectivity index (χ3v) is 3.54. The number of amides is 1. The van der Waals surface area contributed by atoms with E-state index in [9.17, 15) is 10.1 Å². The minimum atomic E-state index is -0.200. The van der Waals surface area contributed by atoms with Crippen molar-refractivity contribution in [2.24, 2.45) is 0 Å². The lowest BCUT2D eigenvalue weighted by atomic mass is 10.1. The van der Waals surface area contributed by atoms with E-state index in [-0.39, 0.29) is 11.5 Å². The maximum atomic E-state index is 12.3. The van der Waals surface area contributed by atoms with Gasteiger partial charge in [0.1, 0.15) is 11.6 Å². The quantitative estimate of drug-likeness (QED) is 0.619. The molecule has 0 N–H and O–H groups in total. The largest absolute Gasteiger partial charge is 0.493 e. The number of hydrogen-bond donors (Lipinski definition) is 0. The van der Waals surface area contributed by atoms with E-state index in [1.54, 1.807) is 36.3 Å². The third kappa shape index (κ3) is 3.59. The lowest BCUT2D eigenvalue weighted by molar-refractivity contribution is -0.125. The van der Waals surface area contributed by atoms with Gasteiger partial charge in [-0.15, -0.1) is 0 Å². The van der Waals surface area contributed by atoms with Crippen LogP contribution in [-0.2, 0) is 4.79 Å². The Morgan fingerprint density at radius 1 is 1.36 bits per heavy atom. The van der Waals surface area contributed by atoms with E-state index in [1.165, 1.54) is 0 Å². The number of nitrogens with zero attached hydrogens (tertiary/aromatic N) is 2. The normalized spacial score (nSPS) is 14.6. The van der Waals surface area contributed by atoms with Crippen LogP contribution in [0.25, 0.3) is 6.08 Å². The number of nitriles is 1. The molecule has 0 aliphatic carbocycles. The van der Waals surface area contributed by atoms with E-state index in [0.717, 1.165) is 31.5 Å². The number of hydrogen-bond acceptors (Lipinski definition) is 4.